The Bertz CT molecular complexity index is 480. The minimum atomic E-state index is -1.10. The fraction of sp³-hybridized carbons (Fsp3) is 0.826. The van der Waals surface area contributed by atoms with Gasteiger partial charge in [0.1, 0.15) is 12.3 Å². The summed E-state index contributed by atoms with van der Waals surface area (Å²) in [6.07, 6.45) is 17.2. The zero-order valence-corrected chi connectivity index (χ0v) is 18.4. The van der Waals surface area contributed by atoms with Crippen LogP contribution < -0.4 is 5.32 Å². The van der Waals surface area contributed by atoms with Gasteiger partial charge in [-0.3, -0.25) is 9.59 Å². The third-order valence-corrected chi connectivity index (χ3v) is 5.25. The predicted octanol–water partition coefficient (Wildman–Crippen LogP) is 4.86. The number of carbonyl (C=O) groups excluding carboxylic acids is 2. The molecule has 0 aromatic rings. The second-order valence-corrected chi connectivity index (χ2v) is 8.05. The molecule has 0 aromatic carbocycles. The molecule has 7 nitrogen and oxygen atoms in total. The molecule has 30 heavy (non-hydrogen) atoms. The Labute approximate surface area is 181 Å². The Balaban J connectivity index is 3.37. The Morgan fingerprint density at radius 3 is 1.43 bits per heavy atom. The number of nitrogens with one attached hydrogen (secondary N) is 1. The van der Waals surface area contributed by atoms with E-state index < -0.39 is 18.0 Å². The third kappa shape index (κ3) is 19.4. The van der Waals surface area contributed by atoms with Gasteiger partial charge in [0, 0.05) is 19.3 Å². The van der Waals surface area contributed by atoms with Gasteiger partial charge in [-0.2, -0.15) is 0 Å². The normalized spacial score (nSPS) is 11.7. The van der Waals surface area contributed by atoms with Crippen molar-refractivity contribution in [1.29, 1.82) is 0 Å². The molecule has 0 heterocycles. The zero-order valence-electron chi connectivity index (χ0n) is 18.4. The monoisotopic (exact) mass is 427 g/mol. The van der Waals surface area contributed by atoms with Gasteiger partial charge in [0.2, 0.25) is 5.91 Å². The molecule has 0 saturated heterocycles. The van der Waals surface area contributed by atoms with E-state index in [1.807, 2.05) is 0 Å². The average Bonchev–Trinajstić information content (AvgIpc) is 2.70. The van der Waals surface area contributed by atoms with E-state index in [0.29, 0.717) is 19.1 Å². The van der Waals surface area contributed by atoms with Gasteiger partial charge in [-0.15, -0.1) is 0 Å². The highest BCUT2D eigenvalue weighted by Crippen LogP contribution is 2.13. The molecule has 0 rings (SSSR count). The predicted molar refractivity (Wildman–Crippen MR) is 116 cm³/mol. The molecular formula is C23H41NO6. The summed E-state index contributed by atoms with van der Waals surface area (Å²) in [7, 11) is 0. The molecular weight excluding hydrogens is 386 g/mol. The second kappa shape index (κ2) is 20.4. The first-order chi connectivity index (χ1) is 14.5. The maximum atomic E-state index is 11.8. The number of carboxylic acids is 2. The Morgan fingerprint density at radius 2 is 1.07 bits per heavy atom. The van der Waals surface area contributed by atoms with Crippen LogP contribution in [0.15, 0.2) is 0 Å². The molecule has 7 heteroatoms. The molecule has 3 N–H and O–H groups in total. The van der Waals surface area contributed by atoms with Crippen LogP contribution >= 0.6 is 0 Å². The van der Waals surface area contributed by atoms with Gasteiger partial charge < -0.3 is 20.3 Å². The lowest BCUT2D eigenvalue weighted by Gasteiger charge is -2.13. The van der Waals surface area contributed by atoms with Gasteiger partial charge in [-0.25, -0.2) is 4.79 Å². The lowest BCUT2D eigenvalue weighted by atomic mass is 10.0. The number of amides is 1. The number of aliphatic carboxylic acids is 2. The van der Waals surface area contributed by atoms with Crippen molar-refractivity contribution < 1.29 is 29.4 Å². The number of carbonyl (C=O) groups is 4. The highest BCUT2D eigenvalue weighted by Gasteiger charge is 2.18. The summed E-state index contributed by atoms with van der Waals surface area (Å²) in [4.78, 5) is 43.6. The van der Waals surface area contributed by atoms with E-state index in [1.165, 1.54) is 51.4 Å². The Kier molecular flexibility index (Phi) is 19.1. The molecule has 174 valence electrons. The number of aldehydes is 1. The van der Waals surface area contributed by atoms with Crippen molar-refractivity contribution in [2.75, 3.05) is 0 Å². The summed E-state index contributed by atoms with van der Waals surface area (Å²) in [5, 5.41) is 20.1. The van der Waals surface area contributed by atoms with Crippen LogP contribution in [0.1, 0.15) is 116 Å². The highest BCUT2D eigenvalue weighted by molar-refractivity contribution is 5.83. The van der Waals surface area contributed by atoms with Crippen molar-refractivity contribution in [3.8, 4) is 0 Å². The van der Waals surface area contributed by atoms with Crippen molar-refractivity contribution >= 4 is 24.1 Å². The maximum absolute atomic E-state index is 11.8. The molecule has 0 spiro atoms. The van der Waals surface area contributed by atoms with Crippen LogP contribution in [0.4, 0.5) is 0 Å². The topological polar surface area (TPSA) is 121 Å². The molecule has 0 aromatic heterocycles. The first-order valence-electron chi connectivity index (χ1n) is 11.6. The van der Waals surface area contributed by atoms with E-state index in [2.05, 4.69) is 5.32 Å². The smallest absolute Gasteiger partial charge is 0.326 e. The number of unbranched alkanes of at least 4 members (excludes halogenated alkanes) is 13. The zero-order chi connectivity index (χ0) is 22.5. The SMILES string of the molecule is O=CCC[C@H](NC(=O)CCCCCCCCCCCCCCCCC(=O)O)C(=O)O. The van der Waals surface area contributed by atoms with Crippen LogP contribution in [-0.2, 0) is 19.2 Å². The van der Waals surface area contributed by atoms with E-state index >= 15 is 0 Å². The van der Waals surface area contributed by atoms with Crippen molar-refractivity contribution in [2.24, 2.45) is 0 Å². The number of hydrogen-bond acceptors (Lipinski definition) is 4. The van der Waals surface area contributed by atoms with E-state index in [4.69, 9.17) is 10.2 Å². The maximum Gasteiger partial charge on any atom is 0.326 e. The second-order valence-electron chi connectivity index (χ2n) is 8.05. The summed E-state index contributed by atoms with van der Waals surface area (Å²) in [5.74, 6) is -2.05. The van der Waals surface area contributed by atoms with Crippen LogP contribution in [0.2, 0.25) is 0 Å². The molecule has 0 fully saturated rings. The highest BCUT2D eigenvalue weighted by atomic mass is 16.4. The van der Waals surface area contributed by atoms with E-state index in [0.717, 1.165) is 38.5 Å². The largest absolute Gasteiger partial charge is 0.481 e. The van der Waals surface area contributed by atoms with E-state index in [-0.39, 0.29) is 18.7 Å². The Morgan fingerprint density at radius 1 is 0.667 bits per heavy atom. The van der Waals surface area contributed by atoms with Crippen LogP contribution in [0, 0.1) is 0 Å². The minimum Gasteiger partial charge on any atom is -0.481 e. The molecule has 0 saturated carbocycles. The van der Waals surface area contributed by atoms with Crippen LogP contribution in [0.3, 0.4) is 0 Å². The molecule has 0 radical (unpaired) electrons. The van der Waals surface area contributed by atoms with Crippen molar-refractivity contribution in [2.45, 2.75) is 122 Å². The number of rotatable bonds is 22. The summed E-state index contributed by atoms with van der Waals surface area (Å²) >= 11 is 0. The standard InChI is InChI=1S/C23H41NO6/c25-19-15-16-20(23(29)30)24-21(26)17-13-11-9-7-5-3-1-2-4-6-8-10-12-14-18-22(27)28/h19-20H,1-18H2,(H,24,26)(H,27,28)(H,29,30)/t20-/m0/s1. The quantitative estimate of drug-likeness (QED) is 0.168. The summed E-state index contributed by atoms with van der Waals surface area (Å²) in [6, 6.07) is -0.973. The van der Waals surface area contributed by atoms with Crippen LogP contribution in [0.5, 0.6) is 0 Å². The first kappa shape index (κ1) is 28.1. The van der Waals surface area contributed by atoms with Crippen molar-refractivity contribution in [1.82, 2.24) is 5.32 Å². The van der Waals surface area contributed by atoms with Crippen molar-refractivity contribution in [3.05, 3.63) is 0 Å². The fourth-order valence-corrected chi connectivity index (χ4v) is 3.44. The molecule has 0 unspecified atom stereocenters. The number of hydrogen-bond donors (Lipinski definition) is 3. The number of carboxylic acid groups (broad SMARTS) is 2. The van der Waals surface area contributed by atoms with Crippen LogP contribution in [0.25, 0.3) is 0 Å². The molecule has 1 amide bonds. The van der Waals surface area contributed by atoms with Crippen molar-refractivity contribution in [3.63, 3.8) is 0 Å². The molecule has 0 aliphatic heterocycles. The molecule has 1 atom stereocenters. The van der Waals surface area contributed by atoms with Gasteiger partial charge >= 0.3 is 11.9 Å². The fourth-order valence-electron chi connectivity index (χ4n) is 3.44. The van der Waals surface area contributed by atoms with E-state index in [1.54, 1.807) is 0 Å². The van der Waals surface area contributed by atoms with Gasteiger partial charge in [-0.05, 0) is 19.3 Å². The molecule has 0 aliphatic carbocycles. The van der Waals surface area contributed by atoms with Gasteiger partial charge in [0.15, 0.2) is 0 Å². The lowest BCUT2D eigenvalue weighted by molar-refractivity contribution is -0.142. The minimum absolute atomic E-state index is 0.131. The molecule has 0 aliphatic rings. The summed E-state index contributed by atoms with van der Waals surface area (Å²) in [6.45, 7) is 0. The van der Waals surface area contributed by atoms with Crippen LogP contribution in [-0.4, -0.2) is 40.4 Å². The summed E-state index contributed by atoms with van der Waals surface area (Å²) < 4.78 is 0. The first-order valence-corrected chi connectivity index (χ1v) is 11.6. The molecule has 0 bridgehead atoms. The Hall–Kier alpha value is -1.92. The van der Waals surface area contributed by atoms with Gasteiger partial charge in [-0.1, -0.05) is 77.0 Å². The van der Waals surface area contributed by atoms with Gasteiger partial charge in [0.05, 0.1) is 0 Å². The average molecular weight is 428 g/mol. The summed E-state index contributed by atoms with van der Waals surface area (Å²) in [5.41, 5.74) is 0. The lowest BCUT2D eigenvalue weighted by Crippen LogP contribution is -2.40. The van der Waals surface area contributed by atoms with Gasteiger partial charge in [0.25, 0.3) is 0 Å². The van der Waals surface area contributed by atoms with E-state index in [9.17, 15) is 19.2 Å². The third-order valence-electron chi connectivity index (χ3n) is 5.25.